The molecule has 0 atom stereocenters. The molecule has 0 unspecified atom stereocenters. The fourth-order valence-electron chi connectivity index (χ4n) is 3.68. The van der Waals surface area contributed by atoms with Gasteiger partial charge in [-0.1, -0.05) is 135 Å². The van der Waals surface area contributed by atoms with Gasteiger partial charge in [0.2, 0.25) is 0 Å². The van der Waals surface area contributed by atoms with E-state index >= 15 is 0 Å². The van der Waals surface area contributed by atoms with E-state index in [1.54, 1.807) is 18.2 Å². The number of aliphatic carboxylic acids is 3. The fourth-order valence-corrected chi connectivity index (χ4v) is 3.68. The summed E-state index contributed by atoms with van der Waals surface area (Å²) in [4.78, 5) is 30.3. The maximum Gasteiger partial charge on any atom is 0.327 e. The molecule has 0 aromatic heterocycles. The summed E-state index contributed by atoms with van der Waals surface area (Å²) in [7, 11) is 0. The number of hydrogen-bond acceptors (Lipinski definition) is 3. The van der Waals surface area contributed by atoms with Crippen LogP contribution in [0, 0.1) is 49.4 Å². The Kier molecular flexibility index (Phi) is 49.3. The minimum absolute atomic E-state index is 0. The molecule has 235 valence electrons. The summed E-state index contributed by atoms with van der Waals surface area (Å²) < 4.78 is 0. The summed E-state index contributed by atoms with van der Waals surface area (Å²) in [6.45, 7) is 6.61. The monoisotopic (exact) mass is 705 g/mol. The molecule has 3 N–H and O–H groups in total. The van der Waals surface area contributed by atoms with Crippen molar-refractivity contribution in [1.82, 2.24) is 0 Å². The van der Waals surface area contributed by atoms with Crippen LogP contribution in [0.3, 0.4) is 0 Å². The number of carbonyl (C=O) groups is 3. The standard InChI is InChI=1S/3C11H20O2.Eu/c3*1-2-3-4-5-6-7-8-9-10-11(12)13;/h3*9-10H,2-8H2,1H3,(H,12,13);. The van der Waals surface area contributed by atoms with Gasteiger partial charge >= 0.3 is 17.9 Å². The first-order valence-electron chi connectivity index (χ1n) is 15.5. The van der Waals surface area contributed by atoms with Crippen LogP contribution in [0.5, 0.6) is 0 Å². The summed E-state index contributed by atoms with van der Waals surface area (Å²) in [5.41, 5.74) is 0. The number of hydrogen-bond donors (Lipinski definition) is 3. The Bertz CT molecular complexity index is 543. The van der Waals surface area contributed by atoms with Gasteiger partial charge in [0.05, 0.1) is 0 Å². The molecule has 0 bridgehead atoms. The van der Waals surface area contributed by atoms with Gasteiger partial charge in [0.1, 0.15) is 0 Å². The van der Waals surface area contributed by atoms with Crippen LogP contribution in [0.2, 0.25) is 0 Å². The quantitative estimate of drug-likeness (QED) is 0.0681. The number of rotatable bonds is 24. The predicted molar refractivity (Wildman–Crippen MR) is 164 cm³/mol. The normalized spacial score (nSPS) is 10.6. The molecule has 6 nitrogen and oxygen atoms in total. The molecule has 7 heteroatoms. The van der Waals surface area contributed by atoms with Crippen molar-refractivity contribution >= 4 is 17.9 Å². The minimum atomic E-state index is -0.842. The Labute approximate surface area is 286 Å². The van der Waals surface area contributed by atoms with E-state index in [9.17, 15) is 14.4 Å². The van der Waals surface area contributed by atoms with Gasteiger partial charge in [-0.15, -0.1) is 0 Å². The molecule has 0 aliphatic carbocycles. The van der Waals surface area contributed by atoms with Gasteiger partial charge in [0.15, 0.2) is 0 Å². The smallest absolute Gasteiger partial charge is 0.327 e. The average Bonchev–Trinajstić information content (AvgIpc) is 2.89. The summed E-state index contributed by atoms with van der Waals surface area (Å²) in [6.07, 6.45) is 34.3. The zero-order valence-corrected chi connectivity index (χ0v) is 28.2. The summed E-state index contributed by atoms with van der Waals surface area (Å²) in [6, 6.07) is 0. The van der Waals surface area contributed by atoms with Gasteiger partial charge in [-0.25, -0.2) is 14.4 Å². The van der Waals surface area contributed by atoms with E-state index in [4.69, 9.17) is 15.3 Å². The van der Waals surface area contributed by atoms with Gasteiger partial charge in [0.25, 0.3) is 0 Å². The second kappa shape index (κ2) is 42.7. The van der Waals surface area contributed by atoms with E-state index in [1.807, 2.05) is 0 Å². The molecule has 1 radical (unpaired) electrons. The van der Waals surface area contributed by atoms with E-state index in [0.29, 0.717) is 0 Å². The van der Waals surface area contributed by atoms with E-state index in [2.05, 4.69) is 20.8 Å². The molecule has 0 aromatic carbocycles. The van der Waals surface area contributed by atoms with Crippen LogP contribution in [0.1, 0.15) is 156 Å². The number of carboxylic acid groups (broad SMARTS) is 3. The Hall–Kier alpha value is -0.786. The second-order valence-electron chi connectivity index (χ2n) is 9.89. The van der Waals surface area contributed by atoms with E-state index < -0.39 is 17.9 Å². The predicted octanol–water partition coefficient (Wildman–Crippen LogP) is 10.1. The second-order valence-corrected chi connectivity index (χ2v) is 9.89. The molecular weight excluding hydrogens is 644 g/mol. The third kappa shape index (κ3) is 57.2. The molecule has 0 fully saturated rings. The maximum atomic E-state index is 10.1. The van der Waals surface area contributed by atoms with Crippen molar-refractivity contribution < 1.29 is 79.1 Å². The van der Waals surface area contributed by atoms with Crippen molar-refractivity contribution in [3.05, 3.63) is 36.5 Å². The van der Waals surface area contributed by atoms with Gasteiger partial charge in [-0.3, -0.25) is 0 Å². The van der Waals surface area contributed by atoms with Crippen LogP contribution in [0.25, 0.3) is 0 Å². The van der Waals surface area contributed by atoms with Crippen LogP contribution < -0.4 is 0 Å². The van der Waals surface area contributed by atoms with Crippen LogP contribution in [0.4, 0.5) is 0 Å². The van der Waals surface area contributed by atoms with Crippen LogP contribution in [-0.4, -0.2) is 33.2 Å². The Balaban J connectivity index is -0.000000240. The van der Waals surface area contributed by atoms with Gasteiger partial charge in [0, 0.05) is 67.6 Å². The molecule has 0 amide bonds. The maximum absolute atomic E-state index is 10.1. The average molecular weight is 705 g/mol. The Morgan fingerprint density at radius 3 is 0.800 bits per heavy atom. The third-order valence-corrected chi connectivity index (χ3v) is 5.95. The van der Waals surface area contributed by atoms with Gasteiger partial charge in [-0.05, 0) is 38.5 Å². The molecule has 0 heterocycles. The number of carboxylic acids is 3. The SMILES string of the molecule is CCCCCCCCC=CC(=O)O.CCCCCCCCC=CC(=O)O.CCCCCCCCC=CC(=O)O.[Eu]. The zero-order valence-electron chi connectivity index (χ0n) is 25.8. The molecule has 0 rings (SSSR count). The first-order valence-corrected chi connectivity index (χ1v) is 15.5. The summed E-state index contributed by atoms with van der Waals surface area (Å²) >= 11 is 0. The molecule has 0 aliphatic heterocycles. The largest absolute Gasteiger partial charge is 0.478 e. The van der Waals surface area contributed by atoms with E-state index in [0.717, 1.165) is 38.5 Å². The van der Waals surface area contributed by atoms with Crippen LogP contribution >= 0.6 is 0 Å². The topological polar surface area (TPSA) is 112 Å². The molecule has 40 heavy (non-hydrogen) atoms. The van der Waals surface area contributed by atoms with Gasteiger partial charge < -0.3 is 15.3 Å². The van der Waals surface area contributed by atoms with Crippen molar-refractivity contribution in [2.45, 2.75) is 156 Å². The molecule has 0 saturated heterocycles. The van der Waals surface area contributed by atoms with Crippen molar-refractivity contribution in [3.8, 4) is 0 Å². The number of allylic oxidation sites excluding steroid dienone is 3. The van der Waals surface area contributed by atoms with Crippen molar-refractivity contribution in [2.24, 2.45) is 0 Å². The molecule has 0 aliphatic rings. The molecule has 0 aromatic rings. The molecule has 0 spiro atoms. The fraction of sp³-hybridized carbons (Fsp3) is 0.727. The zero-order chi connectivity index (χ0) is 29.8. The van der Waals surface area contributed by atoms with Crippen molar-refractivity contribution in [2.75, 3.05) is 0 Å². The Morgan fingerprint density at radius 2 is 0.600 bits per heavy atom. The minimum Gasteiger partial charge on any atom is -0.478 e. The summed E-state index contributed by atoms with van der Waals surface area (Å²) in [5.74, 6) is -2.53. The number of unbranched alkanes of at least 4 members (excludes halogenated alkanes) is 18. The third-order valence-electron chi connectivity index (χ3n) is 5.95. The first-order chi connectivity index (χ1) is 18.8. The van der Waals surface area contributed by atoms with Crippen molar-refractivity contribution in [3.63, 3.8) is 0 Å². The van der Waals surface area contributed by atoms with Crippen molar-refractivity contribution in [1.29, 1.82) is 0 Å². The van der Waals surface area contributed by atoms with Crippen LogP contribution in [0.15, 0.2) is 36.5 Å². The van der Waals surface area contributed by atoms with Crippen LogP contribution in [-0.2, 0) is 14.4 Å². The first kappa shape index (κ1) is 46.2. The summed E-state index contributed by atoms with van der Waals surface area (Å²) in [5, 5.41) is 24.9. The van der Waals surface area contributed by atoms with Gasteiger partial charge in [-0.2, -0.15) is 0 Å². The molecule has 0 saturated carbocycles. The van der Waals surface area contributed by atoms with E-state index in [-0.39, 0.29) is 49.4 Å². The Morgan fingerprint density at radius 1 is 0.400 bits per heavy atom. The molecular formula is C33H60EuO6. The van der Waals surface area contributed by atoms with E-state index in [1.165, 1.54) is 115 Å².